The maximum absolute atomic E-state index is 11.6. The number of hydrogen-bond acceptors (Lipinski definition) is 6. The van der Waals surface area contributed by atoms with Crippen molar-refractivity contribution in [2.45, 2.75) is 19.4 Å². The number of anilines is 1. The third kappa shape index (κ3) is 2.53. The molecule has 3 aromatic rings. The summed E-state index contributed by atoms with van der Waals surface area (Å²) in [6.45, 7) is 0.521. The molecule has 0 spiro atoms. The van der Waals surface area contributed by atoms with Crippen molar-refractivity contribution in [3.63, 3.8) is 0 Å². The van der Waals surface area contributed by atoms with Crippen molar-refractivity contribution in [2.75, 3.05) is 5.32 Å². The zero-order valence-electron chi connectivity index (χ0n) is 14.0. The molecule has 25 heavy (non-hydrogen) atoms. The topological polar surface area (TPSA) is 117 Å². The molecular weight excluding hydrogens is 320 g/mol. The molecule has 3 heterocycles. The maximum atomic E-state index is 11.6. The summed E-state index contributed by atoms with van der Waals surface area (Å²) in [6.07, 6.45) is 6.92. The Morgan fingerprint density at radius 1 is 1.32 bits per heavy atom. The van der Waals surface area contributed by atoms with Gasteiger partial charge in [0.2, 0.25) is 5.95 Å². The Bertz CT molecular complexity index is 971. The second-order valence-corrected chi connectivity index (χ2v) is 6.04. The molecule has 0 aliphatic heterocycles. The summed E-state index contributed by atoms with van der Waals surface area (Å²) in [4.78, 5) is 24.9. The van der Waals surface area contributed by atoms with Crippen LogP contribution in [0.5, 0.6) is 0 Å². The molecule has 0 saturated carbocycles. The fourth-order valence-electron chi connectivity index (χ4n) is 3.16. The Balaban J connectivity index is 1.69. The van der Waals surface area contributed by atoms with Crippen LogP contribution >= 0.6 is 0 Å². The first kappa shape index (κ1) is 15.3. The van der Waals surface area contributed by atoms with Gasteiger partial charge < -0.3 is 15.6 Å². The summed E-state index contributed by atoms with van der Waals surface area (Å²) >= 11 is 0. The number of aromatic nitrogens is 6. The van der Waals surface area contributed by atoms with Crippen LogP contribution in [0.3, 0.4) is 0 Å². The minimum Gasteiger partial charge on any atom is -0.364 e. The van der Waals surface area contributed by atoms with Crippen molar-refractivity contribution in [2.24, 2.45) is 19.8 Å². The first-order chi connectivity index (χ1) is 12.0. The number of nitrogens with two attached hydrogens (primary N) is 1. The van der Waals surface area contributed by atoms with Crippen molar-refractivity contribution >= 4 is 11.9 Å². The molecule has 0 fully saturated rings. The molecule has 3 aromatic heterocycles. The molecule has 1 aliphatic carbocycles. The molecular formula is C16H18N8O. The van der Waals surface area contributed by atoms with Crippen LogP contribution in [0, 0.1) is 0 Å². The van der Waals surface area contributed by atoms with E-state index in [4.69, 9.17) is 5.73 Å². The van der Waals surface area contributed by atoms with Gasteiger partial charge >= 0.3 is 0 Å². The zero-order valence-corrected chi connectivity index (χ0v) is 14.0. The number of amides is 1. The van der Waals surface area contributed by atoms with Crippen LogP contribution in [0.4, 0.5) is 5.95 Å². The van der Waals surface area contributed by atoms with E-state index in [9.17, 15) is 4.79 Å². The molecule has 1 aliphatic rings. The summed E-state index contributed by atoms with van der Waals surface area (Å²) in [5.41, 5.74) is 9.29. The van der Waals surface area contributed by atoms with E-state index in [0.29, 0.717) is 24.6 Å². The first-order valence-electron chi connectivity index (χ1n) is 7.96. The minimum atomic E-state index is -0.512. The third-order valence-electron chi connectivity index (χ3n) is 4.44. The summed E-state index contributed by atoms with van der Waals surface area (Å²) in [6, 6.07) is 0. The van der Waals surface area contributed by atoms with Crippen molar-refractivity contribution in [1.82, 2.24) is 29.3 Å². The van der Waals surface area contributed by atoms with Crippen molar-refractivity contribution in [3.05, 3.63) is 41.2 Å². The van der Waals surface area contributed by atoms with Crippen LogP contribution < -0.4 is 11.1 Å². The van der Waals surface area contributed by atoms with Crippen LogP contribution in [0.25, 0.3) is 11.4 Å². The van der Waals surface area contributed by atoms with Gasteiger partial charge in [0.05, 0.1) is 17.9 Å². The lowest BCUT2D eigenvalue weighted by molar-refractivity contribution is 0.0994. The Kier molecular flexibility index (Phi) is 3.48. The van der Waals surface area contributed by atoms with Crippen molar-refractivity contribution in [1.29, 1.82) is 0 Å². The molecule has 0 bridgehead atoms. The highest BCUT2D eigenvalue weighted by atomic mass is 16.1. The highest BCUT2D eigenvalue weighted by Crippen LogP contribution is 2.33. The Labute approximate surface area is 143 Å². The second-order valence-electron chi connectivity index (χ2n) is 6.04. The number of fused-ring (bicyclic) bond motifs is 3. The third-order valence-corrected chi connectivity index (χ3v) is 4.44. The molecule has 0 aromatic carbocycles. The largest absolute Gasteiger partial charge is 0.364 e. The van der Waals surface area contributed by atoms with Gasteiger partial charge in [0.1, 0.15) is 5.82 Å². The standard InChI is InChI=1S/C16H18N8O/c1-23-6-5-18-11(23)8-20-16-19-7-9-3-4-10-13(15(17)25)22-24(2)14(10)12(9)21-16/h5-7H,3-4,8H2,1-2H3,(H2,17,25)(H,19,20,21). The summed E-state index contributed by atoms with van der Waals surface area (Å²) < 4.78 is 3.60. The van der Waals surface area contributed by atoms with E-state index < -0.39 is 5.91 Å². The summed E-state index contributed by atoms with van der Waals surface area (Å²) in [7, 11) is 3.73. The normalized spacial score (nSPS) is 12.6. The van der Waals surface area contributed by atoms with Gasteiger partial charge in [-0.1, -0.05) is 0 Å². The summed E-state index contributed by atoms with van der Waals surface area (Å²) in [5, 5.41) is 7.46. The van der Waals surface area contributed by atoms with E-state index in [-0.39, 0.29) is 0 Å². The second kappa shape index (κ2) is 5.69. The molecule has 1 amide bonds. The summed E-state index contributed by atoms with van der Waals surface area (Å²) in [5.74, 6) is 0.887. The van der Waals surface area contributed by atoms with Crippen LogP contribution in [-0.4, -0.2) is 35.2 Å². The molecule has 9 heteroatoms. The predicted octanol–water partition coefficient (Wildman–Crippen LogP) is 0.420. The quantitative estimate of drug-likeness (QED) is 0.712. The lowest BCUT2D eigenvalue weighted by atomic mass is 9.93. The van der Waals surface area contributed by atoms with Crippen molar-refractivity contribution in [3.8, 4) is 11.4 Å². The lowest BCUT2D eigenvalue weighted by Crippen LogP contribution is -2.16. The molecule has 4 rings (SSSR count). The van der Waals surface area contributed by atoms with Gasteiger partial charge in [-0.05, 0) is 18.4 Å². The van der Waals surface area contributed by atoms with Gasteiger partial charge in [-0.3, -0.25) is 9.48 Å². The zero-order chi connectivity index (χ0) is 17.6. The van der Waals surface area contributed by atoms with Crippen LogP contribution in [0.1, 0.15) is 27.4 Å². The van der Waals surface area contributed by atoms with Gasteiger partial charge in [-0.15, -0.1) is 0 Å². The maximum Gasteiger partial charge on any atom is 0.269 e. The monoisotopic (exact) mass is 338 g/mol. The molecule has 128 valence electrons. The molecule has 0 saturated heterocycles. The number of primary amides is 1. The van der Waals surface area contributed by atoms with Gasteiger partial charge in [-0.25, -0.2) is 15.0 Å². The van der Waals surface area contributed by atoms with E-state index >= 15 is 0 Å². The number of rotatable bonds is 4. The van der Waals surface area contributed by atoms with E-state index in [2.05, 4.69) is 25.4 Å². The number of nitrogens with one attached hydrogen (secondary N) is 1. The van der Waals surface area contributed by atoms with E-state index in [0.717, 1.165) is 34.8 Å². The molecule has 9 nitrogen and oxygen atoms in total. The Hall–Kier alpha value is -3.23. The first-order valence-corrected chi connectivity index (χ1v) is 7.96. The van der Waals surface area contributed by atoms with Gasteiger partial charge in [-0.2, -0.15) is 5.10 Å². The van der Waals surface area contributed by atoms with E-state index in [1.165, 1.54) is 0 Å². The number of imidazole rings is 1. The fraction of sp³-hybridized carbons (Fsp3) is 0.312. The van der Waals surface area contributed by atoms with Gasteiger partial charge in [0, 0.05) is 38.2 Å². The number of nitrogens with zero attached hydrogens (tertiary/aromatic N) is 6. The van der Waals surface area contributed by atoms with Gasteiger partial charge in [0.25, 0.3) is 5.91 Å². The van der Waals surface area contributed by atoms with E-state index in [1.807, 2.05) is 24.0 Å². The molecule has 0 atom stereocenters. The van der Waals surface area contributed by atoms with Crippen molar-refractivity contribution < 1.29 is 4.79 Å². The van der Waals surface area contributed by atoms with Crippen LogP contribution in [0.2, 0.25) is 0 Å². The SMILES string of the molecule is Cn1ccnc1CNc1ncc2c(n1)-c1c(c(C(N)=O)nn1C)CC2. The lowest BCUT2D eigenvalue weighted by Gasteiger charge is -2.17. The molecule has 0 radical (unpaired) electrons. The highest BCUT2D eigenvalue weighted by molar-refractivity contribution is 5.94. The molecule has 0 unspecified atom stereocenters. The number of aryl methyl sites for hydroxylation is 3. The number of carbonyl (C=O) groups excluding carboxylic acids is 1. The Morgan fingerprint density at radius 3 is 2.88 bits per heavy atom. The van der Waals surface area contributed by atoms with Crippen LogP contribution in [0.15, 0.2) is 18.6 Å². The van der Waals surface area contributed by atoms with E-state index in [1.54, 1.807) is 17.9 Å². The predicted molar refractivity (Wildman–Crippen MR) is 90.7 cm³/mol. The minimum absolute atomic E-state index is 0.323. The highest BCUT2D eigenvalue weighted by Gasteiger charge is 2.27. The average molecular weight is 338 g/mol. The average Bonchev–Trinajstić information content (AvgIpc) is 3.16. The molecule has 3 N–H and O–H groups in total. The fourth-order valence-corrected chi connectivity index (χ4v) is 3.16. The van der Waals surface area contributed by atoms with Crippen LogP contribution in [-0.2, 0) is 33.5 Å². The number of carbonyl (C=O) groups is 1. The Morgan fingerprint density at radius 2 is 2.16 bits per heavy atom. The van der Waals surface area contributed by atoms with Gasteiger partial charge in [0.15, 0.2) is 5.69 Å². The smallest absolute Gasteiger partial charge is 0.269 e. The number of hydrogen-bond donors (Lipinski definition) is 2.